The Morgan fingerprint density at radius 2 is 1.32 bits per heavy atom. The van der Waals surface area contributed by atoms with Crippen LogP contribution < -0.4 is 5.32 Å². The van der Waals surface area contributed by atoms with Gasteiger partial charge in [0.2, 0.25) is 0 Å². The second-order valence-electron chi connectivity index (χ2n) is 11.2. The second kappa shape index (κ2) is 12.9. The van der Waals surface area contributed by atoms with E-state index in [2.05, 4.69) is 85.4 Å². The number of carboxylic acid groups (broad SMARTS) is 3. The summed E-state index contributed by atoms with van der Waals surface area (Å²) < 4.78 is 0. The Morgan fingerprint density at radius 3 is 1.74 bits per heavy atom. The molecule has 5 N–H and O–H groups in total. The van der Waals surface area contributed by atoms with E-state index in [-0.39, 0.29) is 11.1 Å². The first-order valence-corrected chi connectivity index (χ1v) is 12.5. The van der Waals surface area contributed by atoms with Gasteiger partial charge in [0.1, 0.15) is 0 Å². The summed E-state index contributed by atoms with van der Waals surface area (Å²) in [5.41, 5.74) is 0.280. The molecule has 1 aliphatic rings. The summed E-state index contributed by atoms with van der Waals surface area (Å²) in [5, 5.41) is 37.6. The molecule has 10 nitrogen and oxygen atoms in total. The highest BCUT2D eigenvalue weighted by molar-refractivity contribution is 5.88. The molecule has 10 heteroatoms. The molecule has 0 atom stereocenters. The van der Waals surface area contributed by atoms with Gasteiger partial charge in [-0.1, -0.05) is 30.3 Å². The van der Waals surface area contributed by atoms with Crippen LogP contribution in [0.2, 0.25) is 0 Å². The van der Waals surface area contributed by atoms with Crippen molar-refractivity contribution in [1.82, 2.24) is 15.2 Å². The summed E-state index contributed by atoms with van der Waals surface area (Å²) in [5.74, 6) is -5.02. The topological polar surface area (TPSA) is 160 Å². The van der Waals surface area contributed by atoms with Crippen LogP contribution in [0.25, 0.3) is 0 Å². The van der Waals surface area contributed by atoms with Gasteiger partial charge in [-0.25, -0.2) is 4.79 Å². The number of nitrogens with one attached hydrogen (secondary N) is 1. The van der Waals surface area contributed by atoms with Gasteiger partial charge in [-0.2, -0.15) is 0 Å². The Kier molecular flexibility index (Phi) is 10.5. The number of nitrogens with zero attached hydrogens (tertiary/aromatic N) is 2. The van der Waals surface area contributed by atoms with E-state index in [0.29, 0.717) is 6.04 Å². The van der Waals surface area contributed by atoms with E-state index in [1.165, 1.54) is 11.1 Å². The number of carbonyl (C=O) groups is 3. The van der Waals surface area contributed by atoms with Gasteiger partial charge >= 0.3 is 17.9 Å². The Balaban J connectivity index is 0.000000332. The molecule has 2 heterocycles. The number of carboxylic acids is 3. The third-order valence-electron chi connectivity index (χ3n) is 6.33. The minimum atomic E-state index is -2.74. The van der Waals surface area contributed by atoms with Crippen molar-refractivity contribution in [2.75, 3.05) is 0 Å². The molecule has 1 saturated heterocycles. The number of pyridine rings is 1. The number of benzene rings is 1. The van der Waals surface area contributed by atoms with Crippen LogP contribution in [0.1, 0.15) is 64.5 Å². The molecule has 0 spiro atoms. The van der Waals surface area contributed by atoms with Gasteiger partial charge in [-0.15, -0.1) is 0 Å². The molecule has 1 fully saturated rings. The lowest BCUT2D eigenvalue weighted by Gasteiger charge is -2.49. The molecular formula is C28H39N3O7. The number of rotatable bonds is 10. The third kappa shape index (κ3) is 10.2. The van der Waals surface area contributed by atoms with Gasteiger partial charge in [-0.05, 0) is 63.8 Å². The van der Waals surface area contributed by atoms with Crippen LogP contribution in [-0.2, 0) is 27.5 Å². The molecule has 1 aromatic heterocycles. The first kappa shape index (κ1) is 30.9. The molecular weight excluding hydrogens is 490 g/mol. The Labute approximate surface area is 223 Å². The molecule has 1 aliphatic heterocycles. The van der Waals surface area contributed by atoms with Gasteiger partial charge < -0.3 is 25.7 Å². The van der Waals surface area contributed by atoms with Crippen LogP contribution >= 0.6 is 0 Å². The van der Waals surface area contributed by atoms with E-state index in [1.54, 1.807) is 0 Å². The van der Waals surface area contributed by atoms with Gasteiger partial charge in [-0.3, -0.25) is 19.5 Å². The Morgan fingerprint density at radius 1 is 0.868 bits per heavy atom. The molecule has 208 valence electrons. The van der Waals surface area contributed by atoms with Crippen LogP contribution in [0.3, 0.4) is 0 Å². The van der Waals surface area contributed by atoms with E-state index in [4.69, 9.17) is 20.4 Å². The Bertz CT molecular complexity index is 1000. The van der Waals surface area contributed by atoms with Gasteiger partial charge in [0, 0.05) is 42.6 Å². The predicted molar refractivity (Wildman–Crippen MR) is 141 cm³/mol. The average molecular weight is 530 g/mol. The van der Waals surface area contributed by atoms with E-state index < -0.39 is 36.4 Å². The summed E-state index contributed by atoms with van der Waals surface area (Å²) in [4.78, 5) is 37.3. The standard InChI is InChI=1S/C22H31N3.C6H8O7/c1-21(2)14-20(15-22(3,4)24-21)25(16-18-8-6-5-7-9-18)17-19-10-12-23-13-11-19;7-3(8)1-6(13,5(11)12)2-4(9)10/h5-13,20,24H,14-17H2,1-4H3;13H,1-2H2,(H,7,8)(H,9,10)(H,11,12). The smallest absolute Gasteiger partial charge is 0.336 e. The van der Waals surface area contributed by atoms with Gasteiger partial charge in [0.05, 0.1) is 12.8 Å². The molecule has 0 saturated carbocycles. The van der Waals surface area contributed by atoms with Gasteiger partial charge in [0.25, 0.3) is 0 Å². The minimum Gasteiger partial charge on any atom is -0.481 e. The lowest BCUT2D eigenvalue weighted by Crippen LogP contribution is -2.62. The zero-order valence-corrected chi connectivity index (χ0v) is 22.4. The molecule has 0 radical (unpaired) electrons. The summed E-state index contributed by atoms with van der Waals surface area (Å²) in [6, 6.07) is 15.7. The van der Waals surface area contributed by atoms with Gasteiger partial charge in [0.15, 0.2) is 5.60 Å². The maximum absolute atomic E-state index is 10.3. The van der Waals surface area contributed by atoms with Crippen LogP contribution in [0.5, 0.6) is 0 Å². The fraction of sp³-hybridized carbons (Fsp3) is 0.500. The molecule has 0 amide bonds. The normalized spacial score (nSPS) is 16.8. The molecule has 0 bridgehead atoms. The number of aliphatic carboxylic acids is 3. The maximum atomic E-state index is 10.3. The number of aliphatic hydroxyl groups is 1. The number of aromatic nitrogens is 1. The lowest BCUT2D eigenvalue weighted by molar-refractivity contribution is -0.170. The van der Waals surface area contributed by atoms with Crippen LogP contribution in [-0.4, -0.2) is 70.9 Å². The third-order valence-corrected chi connectivity index (χ3v) is 6.33. The first-order valence-electron chi connectivity index (χ1n) is 12.5. The lowest BCUT2D eigenvalue weighted by atomic mass is 9.79. The number of piperidine rings is 1. The quantitative estimate of drug-likeness (QED) is 0.309. The fourth-order valence-corrected chi connectivity index (χ4v) is 5.10. The Hall–Kier alpha value is -3.34. The molecule has 1 aromatic carbocycles. The molecule has 0 unspecified atom stereocenters. The molecule has 0 aliphatic carbocycles. The summed E-state index contributed by atoms with van der Waals surface area (Å²) in [6.07, 6.45) is 3.82. The van der Waals surface area contributed by atoms with Crippen molar-refractivity contribution in [2.45, 2.75) is 89.2 Å². The highest BCUT2D eigenvalue weighted by Gasteiger charge is 2.41. The maximum Gasteiger partial charge on any atom is 0.336 e. The first-order chi connectivity index (χ1) is 17.6. The SMILES string of the molecule is CC1(C)CC(N(Cc2ccccc2)Cc2ccncc2)CC(C)(C)N1.O=C(O)CC(O)(CC(=O)O)C(=O)O. The van der Waals surface area contributed by atoms with Crippen molar-refractivity contribution in [1.29, 1.82) is 0 Å². The highest BCUT2D eigenvalue weighted by atomic mass is 16.4. The van der Waals surface area contributed by atoms with Crippen molar-refractivity contribution in [3.8, 4) is 0 Å². The second-order valence-corrected chi connectivity index (χ2v) is 11.2. The van der Waals surface area contributed by atoms with Crippen molar-refractivity contribution in [3.63, 3.8) is 0 Å². The predicted octanol–water partition coefficient (Wildman–Crippen LogP) is 3.14. The van der Waals surface area contributed by atoms with Crippen LogP contribution in [0.15, 0.2) is 54.9 Å². The van der Waals surface area contributed by atoms with Crippen molar-refractivity contribution in [3.05, 3.63) is 66.0 Å². The van der Waals surface area contributed by atoms with Crippen molar-refractivity contribution < 1.29 is 34.8 Å². The summed E-state index contributed by atoms with van der Waals surface area (Å²) >= 11 is 0. The highest BCUT2D eigenvalue weighted by Crippen LogP contribution is 2.33. The van der Waals surface area contributed by atoms with Crippen LogP contribution in [0, 0.1) is 0 Å². The number of hydrogen-bond donors (Lipinski definition) is 5. The average Bonchev–Trinajstić information content (AvgIpc) is 2.77. The minimum absolute atomic E-state index is 0.152. The zero-order chi connectivity index (χ0) is 28.6. The van der Waals surface area contributed by atoms with E-state index in [0.717, 1.165) is 25.9 Å². The van der Waals surface area contributed by atoms with Crippen molar-refractivity contribution >= 4 is 17.9 Å². The summed E-state index contributed by atoms with van der Waals surface area (Å²) in [7, 11) is 0. The fourth-order valence-electron chi connectivity index (χ4n) is 5.10. The molecule has 3 rings (SSSR count). The molecule has 2 aromatic rings. The van der Waals surface area contributed by atoms with Crippen LogP contribution in [0.4, 0.5) is 0 Å². The van der Waals surface area contributed by atoms with Crippen molar-refractivity contribution in [2.24, 2.45) is 0 Å². The van der Waals surface area contributed by atoms with E-state index in [9.17, 15) is 14.4 Å². The van der Waals surface area contributed by atoms with E-state index >= 15 is 0 Å². The monoisotopic (exact) mass is 529 g/mol. The summed E-state index contributed by atoms with van der Waals surface area (Å²) in [6.45, 7) is 11.3. The molecule has 38 heavy (non-hydrogen) atoms. The van der Waals surface area contributed by atoms with E-state index in [1.807, 2.05) is 12.4 Å². The zero-order valence-electron chi connectivity index (χ0n) is 22.4. The largest absolute Gasteiger partial charge is 0.481 e. The number of hydrogen-bond acceptors (Lipinski definition) is 7.